The topological polar surface area (TPSA) is 26.3 Å². The van der Waals surface area contributed by atoms with Crippen LogP contribution in [0.2, 0.25) is 0 Å². The molecule has 0 aromatic heterocycles. The summed E-state index contributed by atoms with van der Waals surface area (Å²) in [6.45, 7) is 3.97. The molecule has 0 spiro atoms. The highest BCUT2D eigenvalue weighted by Gasteiger charge is 2.47. The number of ketones is 1. The Bertz CT molecular complexity index is 2320. The van der Waals surface area contributed by atoms with Crippen molar-refractivity contribution in [1.29, 1.82) is 0 Å². The Morgan fingerprint density at radius 3 is 0.767 bits per heavy atom. The zero-order valence-electron chi connectivity index (χ0n) is 36.9. The van der Waals surface area contributed by atoms with Gasteiger partial charge >= 0.3 is 49.4 Å². The third kappa shape index (κ3) is 14.8. The van der Waals surface area contributed by atoms with Crippen molar-refractivity contribution in [2.24, 2.45) is 0 Å². The average Bonchev–Trinajstić information content (AvgIpc) is 3.21. The van der Waals surface area contributed by atoms with Gasteiger partial charge in [0.25, 0.3) is 0 Å². The van der Waals surface area contributed by atoms with Crippen LogP contribution in [0.1, 0.15) is 68.7 Å². The molecule has 0 saturated heterocycles. The molecule has 0 radical (unpaired) electrons. The summed E-state index contributed by atoms with van der Waals surface area (Å²) in [4.78, 5) is 11.8. The number of carbonyl (C=O) groups is 1. The minimum Gasteiger partial charge on any atom is -0.491 e. The lowest BCUT2D eigenvalue weighted by Crippen LogP contribution is -2.75. The Balaban J connectivity index is 0.000000613. The molecule has 5 aromatic carbocycles. The number of ether oxygens (including phenoxy) is 1. The Morgan fingerprint density at radius 2 is 0.603 bits per heavy atom. The summed E-state index contributed by atoms with van der Waals surface area (Å²) >= 11 is 0. The predicted octanol–water partition coefficient (Wildman–Crippen LogP) is 13.7. The number of rotatable bonds is 9. The van der Waals surface area contributed by atoms with Gasteiger partial charge in [-0.05, 0) is 73.3 Å². The Kier molecular flexibility index (Phi) is 16.9. The minimum absolute atomic E-state index is 0.159. The van der Waals surface area contributed by atoms with Crippen LogP contribution < -0.4 is 26.6 Å². The van der Waals surface area contributed by atoms with Gasteiger partial charge in [0.15, 0.2) is 5.75 Å². The SMILES string of the molecule is CC(C)Oc1ccc(C(=O)C[S+](C)C)cc1.FC(F)(F)c1cc([B-](c2cc(C(F)(F)F)cc(C(F)(F)F)c2)(c2cc(C(F)(F)F)cc(C(F)(F)F)c2)c2cc(C(F)(F)F)cc(C(F)(F)F)c2)cc(C(F)(F)F)c1. The summed E-state index contributed by atoms with van der Waals surface area (Å²) in [6, 6.07) is -1.41. The van der Waals surface area contributed by atoms with Crippen LogP contribution in [0.3, 0.4) is 0 Å². The van der Waals surface area contributed by atoms with Gasteiger partial charge in [-0.1, -0.05) is 48.5 Å². The van der Waals surface area contributed by atoms with E-state index in [0.29, 0.717) is 5.75 Å². The highest BCUT2D eigenvalue weighted by molar-refractivity contribution is 7.96. The fourth-order valence-electron chi connectivity index (χ4n) is 7.41. The maximum Gasteiger partial charge on any atom is 0.416 e. The fourth-order valence-corrected chi connectivity index (χ4v) is 8.10. The van der Waals surface area contributed by atoms with Crippen LogP contribution in [-0.4, -0.2) is 36.3 Å². The quantitative estimate of drug-likeness (QED) is 0.0636. The maximum absolute atomic E-state index is 14.2. The highest BCUT2D eigenvalue weighted by atomic mass is 32.2. The molecule has 0 heterocycles. The molecule has 0 atom stereocenters. The van der Waals surface area contributed by atoms with Gasteiger partial charge in [-0.25, -0.2) is 0 Å². The van der Waals surface area contributed by atoms with Crippen LogP contribution in [0.15, 0.2) is 97.1 Å². The predicted molar refractivity (Wildman–Crippen MR) is 221 cm³/mol. The standard InChI is InChI=1S/C32H12BF24.C13H19O2S/c34-25(35,36)13-1-14(26(37,38)39)6-21(5-13)33(22-7-15(27(40,41)42)2-16(8-22)28(43,44)45,23-9-17(29(46,47)48)3-18(10-23)30(49,50)51)24-11-19(31(52,53)54)4-20(12-24)32(55,56)57;1-10(2)15-12-7-5-11(6-8-12)13(14)9-16(3)4/h1-12H;5-8,10H,9H2,1-4H3/q-1;+1. The number of hydrogen-bond acceptors (Lipinski definition) is 2. The highest BCUT2D eigenvalue weighted by Crippen LogP contribution is 2.41. The average molecular weight is 1100 g/mol. The van der Waals surface area contributed by atoms with Crippen molar-refractivity contribution >= 4 is 44.7 Å². The van der Waals surface area contributed by atoms with Crippen molar-refractivity contribution in [3.63, 3.8) is 0 Å². The normalized spacial score (nSPS) is 13.6. The van der Waals surface area contributed by atoms with Crippen molar-refractivity contribution in [3.8, 4) is 5.75 Å². The summed E-state index contributed by atoms with van der Waals surface area (Å²) in [5.41, 5.74) is -29.4. The minimum atomic E-state index is -6.13. The molecule has 0 saturated carbocycles. The summed E-state index contributed by atoms with van der Waals surface area (Å²) in [6.07, 6.45) is -50.5. The molecule has 0 bridgehead atoms. The Labute approximate surface area is 399 Å². The lowest BCUT2D eigenvalue weighted by molar-refractivity contribution is -0.144. The third-order valence-electron chi connectivity index (χ3n) is 10.4. The smallest absolute Gasteiger partial charge is 0.416 e. The molecule has 2 nitrogen and oxygen atoms in total. The summed E-state index contributed by atoms with van der Waals surface area (Å²) in [5.74, 6) is 1.66. The van der Waals surface area contributed by atoms with Gasteiger partial charge in [-0.3, -0.25) is 4.79 Å². The zero-order valence-corrected chi connectivity index (χ0v) is 37.7. The number of hydrogen-bond donors (Lipinski definition) is 0. The van der Waals surface area contributed by atoms with E-state index < -0.39 is 195 Å². The second-order valence-electron chi connectivity index (χ2n) is 16.5. The number of benzene rings is 5. The van der Waals surface area contributed by atoms with Crippen LogP contribution in [0, 0.1) is 0 Å². The molecule has 0 fully saturated rings. The van der Waals surface area contributed by atoms with Gasteiger partial charge in [0.2, 0.25) is 5.78 Å². The van der Waals surface area contributed by atoms with E-state index in [9.17, 15) is 110 Å². The molecular formula is C45H31BF24O2S. The van der Waals surface area contributed by atoms with Crippen LogP contribution in [-0.2, 0) is 60.3 Å². The second kappa shape index (κ2) is 20.5. The molecule has 5 aromatic rings. The van der Waals surface area contributed by atoms with Crippen molar-refractivity contribution < 1.29 is 115 Å². The zero-order chi connectivity index (χ0) is 56.0. The molecule has 0 amide bonds. The van der Waals surface area contributed by atoms with Gasteiger partial charge in [-0.2, -0.15) is 127 Å². The summed E-state index contributed by atoms with van der Waals surface area (Å²) in [5, 5.41) is 0. The molecule has 0 aliphatic heterocycles. The second-order valence-corrected chi connectivity index (χ2v) is 18.7. The number of carbonyl (C=O) groups excluding carboxylic acids is 1. The maximum atomic E-state index is 14.2. The Hall–Kier alpha value is -5.70. The number of halogens is 24. The molecule has 73 heavy (non-hydrogen) atoms. The monoisotopic (exact) mass is 1100 g/mol. The first-order valence-electron chi connectivity index (χ1n) is 19.9. The van der Waals surface area contributed by atoms with Crippen LogP contribution >= 0.6 is 0 Å². The molecule has 0 unspecified atom stereocenters. The van der Waals surface area contributed by atoms with Gasteiger partial charge in [0.1, 0.15) is 11.9 Å². The lowest BCUT2D eigenvalue weighted by Gasteiger charge is -2.46. The van der Waals surface area contributed by atoms with E-state index in [1.54, 1.807) is 0 Å². The van der Waals surface area contributed by atoms with Crippen LogP contribution in [0.25, 0.3) is 0 Å². The van der Waals surface area contributed by atoms with Gasteiger partial charge in [0, 0.05) is 5.56 Å². The largest absolute Gasteiger partial charge is 0.491 e. The lowest BCUT2D eigenvalue weighted by atomic mass is 9.12. The van der Waals surface area contributed by atoms with E-state index >= 15 is 0 Å². The third-order valence-corrected chi connectivity index (χ3v) is 11.2. The first kappa shape index (κ1) is 59.9. The van der Waals surface area contributed by atoms with Crippen molar-refractivity contribution in [2.45, 2.75) is 69.4 Å². The van der Waals surface area contributed by atoms with Crippen LogP contribution in [0.4, 0.5) is 105 Å². The summed E-state index contributed by atoms with van der Waals surface area (Å²) < 4.78 is 346. The molecule has 400 valence electrons. The van der Waals surface area contributed by atoms with E-state index in [0.717, 1.165) is 11.3 Å². The molecule has 28 heteroatoms. The molecule has 0 aliphatic rings. The summed E-state index contributed by atoms with van der Waals surface area (Å²) in [7, 11) is 0.159. The van der Waals surface area contributed by atoms with Gasteiger partial charge < -0.3 is 4.74 Å². The van der Waals surface area contributed by atoms with E-state index in [1.807, 2.05) is 38.1 Å². The molecule has 5 rings (SSSR count). The van der Waals surface area contributed by atoms with Crippen molar-refractivity contribution in [2.75, 3.05) is 18.3 Å². The fraction of sp³-hybridized carbons (Fsp3) is 0.311. The first-order chi connectivity index (χ1) is 32.7. The van der Waals surface area contributed by atoms with Crippen LogP contribution in [0.5, 0.6) is 5.75 Å². The molecule has 0 N–H and O–H groups in total. The number of Topliss-reactive ketones (excluding diaryl/α,β-unsaturated/α-hetero) is 1. The van der Waals surface area contributed by atoms with E-state index in [2.05, 4.69) is 12.5 Å². The Morgan fingerprint density at radius 1 is 0.397 bits per heavy atom. The van der Waals surface area contributed by atoms with Crippen molar-refractivity contribution in [1.82, 2.24) is 0 Å². The first-order valence-corrected chi connectivity index (χ1v) is 22.2. The molecule has 0 aliphatic carbocycles. The van der Waals surface area contributed by atoms with E-state index in [1.165, 1.54) is 0 Å². The van der Waals surface area contributed by atoms with E-state index in [-0.39, 0.29) is 22.8 Å². The van der Waals surface area contributed by atoms with Gasteiger partial charge in [0.05, 0.1) is 63.1 Å². The van der Waals surface area contributed by atoms with E-state index in [4.69, 9.17) is 4.74 Å². The van der Waals surface area contributed by atoms with Crippen molar-refractivity contribution in [3.05, 3.63) is 147 Å². The van der Waals surface area contributed by atoms with Gasteiger partial charge in [-0.15, -0.1) is 0 Å². The molecular weight excluding hydrogens is 1070 g/mol. The number of alkyl halides is 24.